The highest BCUT2D eigenvalue weighted by Gasteiger charge is 2.38. The zero-order valence-electron chi connectivity index (χ0n) is 8.93. The Hall–Kier alpha value is -0.130. The summed E-state index contributed by atoms with van der Waals surface area (Å²) in [5.74, 6) is -0.502. The molecule has 3 nitrogen and oxygen atoms in total. The van der Waals surface area contributed by atoms with Crippen molar-refractivity contribution in [3.05, 3.63) is 0 Å². The molecule has 0 aliphatic heterocycles. The maximum Gasteiger partial charge on any atom is 0.319 e. The summed E-state index contributed by atoms with van der Waals surface area (Å²) in [6, 6.07) is 0. The van der Waals surface area contributed by atoms with Gasteiger partial charge in [0.25, 0.3) is 0 Å². The second-order valence-corrected chi connectivity index (χ2v) is 4.48. The predicted molar refractivity (Wildman–Crippen MR) is 63.5 cm³/mol. The lowest BCUT2D eigenvalue weighted by atomic mass is 9.82. The number of hydrogen-bond acceptors (Lipinski definition) is 3. The first-order valence-electron chi connectivity index (χ1n) is 4.73. The Bertz CT molecular complexity index is 215. The minimum absolute atomic E-state index is 0.110. The zero-order chi connectivity index (χ0) is 11.2. The molecule has 0 bridgehead atoms. The number of ketones is 1. The van der Waals surface area contributed by atoms with Gasteiger partial charge in [-0.3, -0.25) is 9.59 Å². The minimum Gasteiger partial charge on any atom is -0.465 e. The molecule has 14 heavy (non-hydrogen) atoms. The van der Waals surface area contributed by atoms with E-state index < -0.39 is 11.4 Å². The Kier molecular flexibility index (Phi) is 6.31. The third-order valence-electron chi connectivity index (χ3n) is 2.31. The SMILES string of the molecule is CCOC(=O)C(C)(CCCI)C(C)=O. The highest BCUT2D eigenvalue weighted by Crippen LogP contribution is 2.26. The van der Waals surface area contributed by atoms with E-state index >= 15 is 0 Å². The fourth-order valence-corrected chi connectivity index (χ4v) is 1.51. The van der Waals surface area contributed by atoms with E-state index in [0.29, 0.717) is 13.0 Å². The molecule has 4 heteroatoms. The van der Waals surface area contributed by atoms with Crippen LogP contribution in [0.1, 0.15) is 33.6 Å². The lowest BCUT2D eigenvalue weighted by Gasteiger charge is -2.23. The second-order valence-electron chi connectivity index (χ2n) is 3.40. The molecular formula is C10H17IO3. The van der Waals surface area contributed by atoms with Gasteiger partial charge in [0.1, 0.15) is 11.2 Å². The van der Waals surface area contributed by atoms with Crippen LogP contribution in [0.25, 0.3) is 0 Å². The number of rotatable bonds is 6. The number of alkyl halides is 1. The van der Waals surface area contributed by atoms with Crippen LogP contribution in [0.15, 0.2) is 0 Å². The molecule has 0 saturated heterocycles. The molecule has 0 aromatic carbocycles. The molecule has 0 aliphatic carbocycles. The Morgan fingerprint density at radius 2 is 2.00 bits per heavy atom. The van der Waals surface area contributed by atoms with Crippen molar-refractivity contribution < 1.29 is 14.3 Å². The van der Waals surface area contributed by atoms with Crippen molar-refractivity contribution in [1.82, 2.24) is 0 Å². The molecule has 0 heterocycles. The predicted octanol–water partition coefficient (Wildman–Crippen LogP) is 2.36. The summed E-state index contributed by atoms with van der Waals surface area (Å²) in [4.78, 5) is 23.0. The first-order valence-corrected chi connectivity index (χ1v) is 6.25. The van der Waals surface area contributed by atoms with Gasteiger partial charge in [0, 0.05) is 0 Å². The van der Waals surface area contributed by atoms with Crippen molar-refractivity contribution in [2.24, 2.45) is 5.41 Å². The van der Waals surface area contributed by atoms with Crippen LogP contribution in [0, 0.1) is 5.41 Å². The Balaban J connectivity index is 4.53. The van der Waals surface area contributed by atoms with E-state index in [0.717, 1.165) is 10.8 Å². The van der Waals surface area contributed by atoms with Gasteiger partial charge >= 0.3 is 5.97 Å². The maximum absolute atomic E-state index is 11.6. The lowest BCUT2D eigenvalue weighted by Crippen LogP contribution is -2.36. The van der Waals surface area contributed by atoms with Crippen LogP contribution in [0.5, 0.6) is 0 Å². The molecule has 0 fully saturated rings. The number of esters is 1. The van der Waals surface area contributed by atoms with Crippen LogP contribution in [0.3, 0.4) is 0 Å². The largest absolute Gasteiger partial charge is 0.465 e. The number of hydrogen-bond donors (Lipinski definition) is 0. The second kappa shape index (κ2) is 6.37. The van der Waals surface area contributed by atoms with Crippen LogP contribution in [-0.2, 0) is 14.3 Å². The molecule has 0 N–H and O–H groups in total. The Morgan fingerprint density at radius 3 is 2.36 bits per heavy atom. The van der Waals surface area contributed by atoms with Gasteiger partial charge in [-0.25, -0.2) is 0 Å². The summed E-state index contributed by atoms with van der Waals surface area (Å²) in [7, 11) is 0. The first kappa shape index (κ1) is 13.9. The van der Waals surface area contributed by atoms with E-state index in [2.05, 4.69) is 22.6 Å². The van der Waals surface area contributed by atoms with Crippen molar-refractivity contribution in [2.75, 3.05) is 11.0 Å². The third kappa shape index (κ3) is 3.55. The summed E-state index contributed by atoms with van der Waals surface area (Å²) in [5, 5.41) is 0. The smallest absolute Gasteiger partial charge is 0.319 e. The molecule has 0 aromatic heterocycles. The number of carbonyl (C=O) groups is 2. The minimum atomic E-state index is -0.943. The molecule has 0 saturated carbocycles. The van der Waals surface area contributed by atoms with E-state index in [4.69, 9.17) is 4.74 Å². The molecule has 0 radical (unpaired) electrons. The van der Waals surface area contributed by atoms with Gasteiger partial charge in [-0.15, -0.1) is 0 Å². The van der Waals surface area contributed by atoms with E-state index in [1.165, 1.54) is 6.92 Å². The van der Waals surface area contributed by atoms with Crippen LogP contribution in [-0.4, -0.2) is 22.8 Å². The average molecular weight is 312 g/mol. The Labute approximate surface area is 98.7 Å². The maximum atomic E-state index is 11.6. The highest BCUT2D eigenvalue weighted by atomic mass is 127. The topological polar surface area (TPSA) is 43.4 Å². The molecule has 0 rings (SSSR count). The highest BCUT2D eigenvalue weighted by molar-refractivity contribution is 14.1. The van der Waals surface area contributed by atoms with Crippen LogP contribution in [0.4, 0.5) is 0 Å². The van der Waals surface area contributed by atoms with E-state index in [9.17, 15) is 9.59 Å². The van der Waals surface area contributed by atoms with E-state index in [1.807, 2.05) is 0 Å². The zero-order valence-corrected chi connectivity index (χ0v) is 11.1. The van der Waals surface area contributed by atoms with Crippen molar-refractivity contribution >= 4 is 34.3 Å². The molecule has 0 aliphatic rings. The van der Waals surface area contributed by atoms with E-state index in [-0.39, 0.29) is 5.78 Å². The van der Waals surface area contributed by atoms with Crippen molar-refractivity contribution in [2.45, 2.75) is 33.6 Å². The number of halogens is 1. The van der Waals surface area contributed by atoms with Gasteiger partial charge in [-0.05, 0) is 38.0 Å². The lowest BCUT2D eigenvalue weighted by molar-refractivity contribution is -0.158. The van der Waals surface area contributed by atoms with Gasteiger partial charge in [-0.1, -0.05) is 22.6 Å². The third-order valence-corrected chi connectivity index (χ3v) is 3.08. The van der Waals surface area contributed by atoms with Gasteiger partial charge in [0.05, 0.1) is 6.61 Å². The fraction of sp³-hybridized carbons (Fsp3) is 0.800. The summed E-state index contributed by atoms with van der Waals surface area (Å²) in [6.45, 7) is 5.19. The molecule has 0 aromatic rings. The van der Waals surface area contributed by atoms with Crippen LogP contribution < -0.4 is 0 Å². The van der Waals surface area contributed by atoms with Gasteiger partial charge < -0.3 is 4.74 Å². The number of carbonyl (C=O) groups excluding carboxylic acids is 2. The van der Waals surface area contributed by atoms with Crippen molar-refractivity contribution in [3.8, 4) is 0 Å². The monoisotopic (exact) mass is 312 g/mol. The Morgan fingerprint density at radius 1 is 1.43 bits per heavy atom. The molecule has 1 unspecified atom stereocenters. The van der Waals surface area contributed by atoms with Gasteiger partial charge in [0.15, 0.2) is 0 Å². The summed E-state index contributed by atoms with van der Waals surface area (Å²) in [5.41, 5.74) is -0.943. The normalized spacial score (nSPS) is 14.6. The summed E-state index contributed by atoms with van der Waals surface area (Å²) in [6.07, 6.45) is 1.43. The molecular weight excluding hydrogens is 295 g/mol. The standard InChI is InChI=1S/C10H17IO3/c1-4-14-9(13)10(3,8(2)12)6-5-7-11/h4-7H2,1-3H3. The fourth-order valence-electron chi connectivity index (χ4n) is 1.13. The molecule has 0 amide bonds. The summed E-state index contributed by atoms with van der Waals surface area (Å²) < 4.78 is 5.85. The van der Waals surface area contributed by atoms with Crippen LogP contribution >= 0.6 is 22.6 Å². The van der Waals surface area contributed by atoms with Crippen molar-refractivity contribution in [3.63, 3.8) is 0 Å². The quantitative estimate of drug-likeness (QED) is 0.327. The van der Waals surface area contributed by atoms with E-state index in [1.54, 1.807) is 13.8 Å². The average Bonchev–Trinajstić information content (AvgIpc) is 2.14. The number of ether oxygens (including phenoxy) is 1. The van der Waals surface area contributed by atoms with Crippen LogP contribution in [0.2, 0.25) is 0 Å². The number of Topliss-reactive ketones (excluding diaryl/α,β-unsaturated/α-hetero) is 1. The molecule has 0 spiro atoms. The molecule has 1 atom stereocenters. The first-order chi connectivity index (χ1) is 6.49. The molecule has 82 valence electrons. The van der Waals surface area contributed by atoms with Gasteiger partial charge in [-0.2, -0.15) is 0 Å². The summed E-state index contributed by atoms with van der Waals surface area (Å²) >= 11 is 2.23. The van der Waals surface area contributed by atoms with Gasteiger partial charge in [0.2, 0.25) is 0 Å². The van der Waals surface area contributed by atoms with Crippen molar-refractivity contribution in [1.29, 1.82) is 0 Å².